The van der Waals surface area contributed by atoms with Crippen LogP contribution < -0.4 is 0 Å². The fourth-order valence-electron chi connectivity index (χ4n) is 1.03. The average Bonchev–Trinajstić information content (AvgIpc) is 1.88. The molecule has 0 saturated carbocycles. The molecule has 0 aliphatic carbocycles. The van der Waals surface area contributed by atoms with Crippen molar-refractivity contribution in [3.8, 4) is 0 Å². The zero-order valence-electron chi connectivity index (χ0n) is 6.85. The molecule has 0 N–H and O–H groups in total. The van der Waals surface area contributed by atoms with Gasteiger partial charge in [-0.05, 0) is 0 Å². The van der Waals surface area contributed by atoms with Crippen LogP contribution in [0.25, 0.3) is 0 Å². The minimum absolute atomic E-state index is 1.02. The summed E-state index contributed by atoms with van der Waals surface area (Å²) in [5.74, 6) is 0. The second kappa shape index (κ2) is 5.96. The van der Waals surface area contributed by atoms with Crippen LogP contribution in [0.4, 0.5) is 0 Å². The van der Waals surface area contributed by atoms with Crippen molar-refractivity contribution < 1.29 is 18.8 Å². The van der Waals surface area contributed by atoms with Gasteiger partial charge in [-0.25, -0.2) is 0 Å². The summed E-state index contributed by atoms with van der Waals surface area (Å²) in [6, 6.07) is 0. The van der Waals surface area contributed by atoms with Gasteiger partial charge in [0.05, 0.1) is 0 Å². The molecule has 0 heterocycles. The quantitative estimate of drug-likeness (QED) is 0.506. The molecule has 2 heteroatoms. The first-order valence-corrected chi connectivity index (χ1v) is 15.8. The van der Waals surface area contributed by atoms with E-state index in [2.05, 4.69) is 19.7 Å². The summed E-state index contributed by atoms with van der Waals surface area (Å²) in [6.07, 6.45) is 5.80. The molecule has 0 fully saturated rings. The van der Waals surface area contributed by atoms with E-state index in [0.717, 1.165) is 12.5 Å². The van der Waals surface area contributed by atoms with Gasteiger partial charge in [0.15, 0.2) is 0 Å². The van der Waals surface area contributed by atoms with Crippen molar-refractivity contribution in [1.82, 2.24) is 0 Å². The molecular formula is C9H15ClHf. The molecule has 0 bridgehead atoms. The second-order valence-electron chi connectivity index (χ2n) is 2.63. The molecule has 0 radical (unpaired) electrons. The number of halogens is 1. The summed E-state index contributed by atoms with van der Waals surface area (Å²) >= 11 is -2.47. The Bertz CT molecular complexity index is 125. The van der Waals surface area contributed by atoms with Gasteiger partial charge in [-0.15, -0.1) is 0 Å². The molecule has 0 aliphatic rings. The fraction of sp³-hybridized carbons (Fsp3) is 0.333. The maximum absolute atomic E-state index is 6.45. The van der Waals surface area contributed by atoms with E-state index < -0.39 is 18.8 Å². The number of rotatable bonds is 6. The number of hydrogen-bond donors (Lipinski definition) is 0. The summed E-state index contributed by atoms with van der Waals surface area (Å²) in [5.41, 5.74) is 0. The molecule has 0 rings (SSSR count). The molecule has 0 unspecified atom stereocenters. The van der Waals surface area contributed by atoms with Gasteiger partial charge in [0, 0.05) is 0 Å². The standard InChI is InChI=1S/3C3H5.ClH.Hf/c3*1-3-2;;/h3*3H,1-2H2;1H;/q;;;;+1/p-1. The Morgan fingerprint density at radius 3 is 1.36 bits per heavy atom. The summed E-state index contributed by atoms with van der Waals surface area (Å²) in [6.45, 7) is 11.1. The Balaban J connectivity index is 4.09. The zero-order valence-corrected chi connectivity index (χ0v) is 11.2. The van der Waals surface area contributed by atoms with E-state index in [1.54, 1.807) is 0 Å². The van der Waals surface area contributed by atoms with E-state index in [4.69, 9.17) is 8.58 Å². The molecule has 0 aromatic carbocycles. The Hall–Kier alpha value is 0.380. The average molecular weight is 337 g/mol. The molecule has 0 aliphatic heterocycles. The molecule has 0 amide bonds. The SMILES string of the molecule is C=C[CH2][Hf]([Cl])([CH2]C=C)[CH2]C=C. The molecule has 11 heavy (non-hydrogen) atoms. The van der Waals surface area contributed by atoms with Crippen LogP contribution in [0.3, 0.4) is 0 Å². The van der Waals surface area contributed by atoms with Crippen LogP contribution in [0, 0.1) is 0 Å². The summed E-state index contributed by atoms with van der Waals surface area (Å²) < 4.78 is 3.06. The third kappa shape index (κ3) is 4.76. The van der Waals surface area contributed by atoms with Gasteiger partial charge in [-0.1, -0.05) is 0 Å². The second-order valence-corrected chi connectivity index (χ2v) is 21.9. The molecule has 0 atom stereocenters. The van der Waals surface area contributed by atoms with Crippen molar-refractivity contribution in [3.63, 3.8) is 0 Å². The van der Waals surface area contributed by atoms with Crippen LogP contribution in [-0.2, 0) is 18.8 Å². The Labute approximate surface area is 77.5 Å². The van der Waals surface area contributed by atoms with Crippen molar-refractivity contribution in [2.24, 2.45) is 0 Å². The third-order valence-electron chi connectivity index (χ3n) is 1.53. The minimum atomic E-state index is -2.47. The maximum atomic E-state index is 6.45. The normalized spacial score (nSPS) is 10.6. The molecular weight excluding hydrogens is 322 g/mol. The van der Waals surface area contributed by atoms with E-state index in [0.29, 0.717) is 0 Å². The van der Waals surface area contributed by atoms with Crippen molar-refractivity contribution in [1.29, 1.82) is 0 Å². The number of hydrogen-bond acceptors (Lipinski definition) is 0. The summed E-state index contributed by atoms with van der Waals surface area (Å²) in [4.78, 5) is 0. The third-order valence-corrected chi connectivity index (χ3v) is 16.3. The van der Waals surface area contributed by atoms with Crippen LogP contribution in [0.1, 0.15) is 0 Å². The van der Waals surface area contributed by atoms with Gasteiger partial charge < -0.3 is 0 Å². The molecule has 0 aromatic rings. The molecule has 0 saturated heterocycles. The summed E-state index contributed by atoms with van der Waals surface area (Å²) in [5, 5.41) is 0. The topological polar surface area (TPSA) is 0 Å². The van der Waals surface area contributed by atoms with Gasteiger partial charge in [-0.2, -0.15) is 0 Å². The van der Waals surface area contributed by atoms with Gasteiger partial charge >= 0.3 is 77.9 Å². The monoisotopic (exact) mass is 338 g/mol. The molecule has 0 spiro atoms. The molecule has 62 valence electrons. The van der Waals surface area contributed by atoms with Crippen LogP contribution in [-0.4, -0.2) is 0 Å². The van der Waals surface area contributed by atoms with E-state index in [1.807, 2.05) is 18.2 Å². The number of allylic oxidation sites excluding steroid dienone is 3. The molecule has 0 nitrogen and oxygen atoms in total. The van der Waals surface area contributed by atoms with Crippen molar-refractivity contribution >= 4 is 8.58 Å². The zero-order chi connectivity index (χ0) is 8.74. The van der Waals surface area contributed by atoms with Crippen LogP contribution in [0.15, 0.2) is 38.0 Å². The first-order valence-electron chi connectivity index (χ1n) is 3.70. The van der Waals surface area contributed by atoms with Gasteiger partial charge in [0.25, 0.3) is 0 Å². The van der Waals surface area contributed by atoms with Crippen LogP contribution in [0.5, 0.6) is 0 Å². The van der Waals surface area contributed by atoms with Gasteiger partial charge in [0.1, 0.15) is 0 Å². The first-order chi connectivity index (χ1) is 5.18. The van der Waals surface area contributed by atoms with Crippen molar-refractivity contribution in [2.45, 2.75) is 12.5 Å². The molecule has 0 aromatic heterocycles. The Kier molecular flexibility index (Phi) is 6.16. The van der Waals surface area contributed by atoms with E-state index >= 15 is 0 Å². The van der Waals surface area contributed by atoms with E-state index in [-0.39, 0.29) is 0 Å². The van der Waals surface area contributed by atoms with Crippen LogP contribution in [0.2, 0.25) is 12.5 Å². The first kappa shape index (κ1) is 11.4. The van der Waals surface area contributed by atoms with Gasteiger partial charge in [-0.3, -0.25) is 0 Å². The van der Waals surface area contributed by atoms with E-state index in [9.17, 15) is 0 Å². The predicted molar refractivity (Wildman–Crippen MR) is 50.9 cm³/mol. The summed E-state index contributed by atoms with van der Waals surface area (Å²) in [7, 11) is 6.45. The van der Waals surface area contributed by atoms with Crippen molar-refractivity contribution in [3.05, 3.63) is 38.0 Å². The Morgan fingerprint density at radius 1 is 0.909 bits per heavy atom. The fourth-order valence-corrected chi connectivity index (χ4v) is 11.1. The Morgan fingerprint density at radius 2 is 1.18 bits per heavy atom. The van der Waals surface area contributed by atoms with Gasteiger partial charge in [0.2, 0.25) is 0 Å². The van der Waals surface area contributed by atoms with Crippen LogP contribution >= 0.6 is 8.58 Å². The predicted octanol–water partition coefficient (Wildman–Crippen LogP) is 4.11. The van der Waals surface area contributed by atoms with E-state index in [1.165, 1.54) is 0 Å². The van der Waals surface area contributed by atoms with Crippen molar-refractivity contribution in [2.75, 3.05) is 0 Å².